The third kappa shape index (κ3) is 6.30. The summed E-state index contributed by atoms with van der Waals surface area (Å²) < 4.78 is 36.9. The summed E-state index contributed by atoms with van der Waals surface area (Å²) in [6, 6.07) is 19.3. The number of aliphatic carboxylic acids is 1. The maximum Gasteiger partial charge on any atom is 0.419 e. The molecule has 3 aromatic carbocycles. The van der Waals surface area contributed by atoms with Gasteiger partial charge in [-0.2, -0.15) is 0 Å². The molecule has 0 saturated heterocycles. The molecule has 1 N–H and O–H groups in total. The molecule has 0 spiro atoms. The van der Waals surface area contributed by atoms with Gasteiger partial charge in [-0.25, -0.2) is 18.1 Å². The van der Waals surface area contributed by atoms with Crippen LogP contribution in [-0.2, 0) is 31.5 Å². The number of nitrogens with zero attached hydrogens (tertiary/aromatic N) is 2. The van der Waals surface area contributed by atoms with Gasteiger partial charge in [0.25, 0.3) is 0 Å². The van der Waals surface area contributed by atoms with Gasteiger partial charge in [0.1, 0.15) is 11.4 Å². The van der Waals surface area contributed by atoms with E-state index in [2.05, 4.69) is 5.16 Å². The van der Waals surface area contributed by atoms with Crippen LogP contribution in [0.15, 0.2) is 82.2 Å². The average Bonchev–Trinajstić information content (AvgIpc) is 3.26. The number of carboxylic acid groups (broad SMARTS) is 1. The maximum atomic E-state index is 13.0. The van der Waals surface area contributed by atoms with E-state index in [1.807, 2.05) is 0 Å². The number of amides is 1. The van der Waals surface area contributed by atoms with Crippen LogP contribution in [0, 0.1) is 6.92 Å². The van der Waals surface area contributed by atoms with Crippen LogP contribution < -0.4 is 4.90 Å². The zero-order valence-electron chi connectivity index (χ0n) is 21.1. The van der Waals surface area contributed by atoms with E-state index >= 15 is 0 Å². The Hall–Kier alpha value is -4.15. The van der Waals surface area contributed by atoms with Crippen molar-refractivity contribution in [2.75, 3.05) is 11.5 Å². The topological polar surface area (TPSA) is 127 Å². The van der Waals surface area contributed by atoms with Crippen molar-refractivity contribution in [1.82, 2.24) is 5.16 Å². The van der Waals surface area contributed by atoms with E-state index < -0.39 is 21.9 Å². The summed E-state index contributed by atoms with van der Waals surface area (Å²) in [4.78, 5) is 25.4. The lowest BCUT2D eigenvalue weighted by molar-refractivity contribution is -0.136. The Balaban J connectivity index is 1.66. The smallest absolute Gasteiger partial charge is 0.419 e. The third-order valence-corrected chi connectivity index (χ3v) is 7.79. The molecule has 4 aromatic rings. The predicted octanol–water partition coefficient (Wildman–Crippen LogP) is 6.20. The van der Waals surface area contributed by atoms with Gasteiger partial charge >= 0.3 is 12.1 Å². The number of hydrogen-bond acceptors (Lipinski definition) is 7. The number of benzene rings is 3. The van der Waals surface area contributed by atoms with Gasteiger partial charge in [-0.15, -0.1) is 0 Å². The van der Waals surface area contributed by atoms with Crippen molar-refractivity contribution in [3.8, 4) is 11.3 Å². The zero-order valence-corrected chi connectivity index (χ0v) is 22.7. The average molecular weight is 569 g/mol. The monoisotopic (exact) mass is 568 g/mol. The summed E-state index contributed by atoms with van der Waals surface area (Å²) in [6.45, 7) is 3.52. The highest BCUT2D eigenvalue weighted by Gasteiger charge is 2.30. The highest BCUT2D eigenvalue weighted by molar-refractivity contribution is 7.90. The van der Waals surface area contributed by atoms with Crippen molar-refractivity contribution in [1.29, 1.82) is 0 Å². The second-order valence-electron chi connectivity index (χ2n) is 8.61. The molecule has 1 amide bonds. The summed E-state index contributed by atoms with van der Waals surface area (Å²) in [5.74, 6) is -1.06. The predicted molar refractivity (Wildman–Crippen MR) is 146 cm³/mol. The molecule has 39 heavy (non-hydrogen) atoms. The molecule has 1 heterocycles. The molecule has 202 valence electrons. The number of anilines is 2. The minimum atomic E-state index is -3.74. The van der Waals surface area contributed by atoms with Gasteiger partial charge in [0, 0.05) is 5.56 Å². The number of aryl methyl sites for hydroxylation is 1. The Kier molecular flexibility index (Phi) is 8.37. The molecule has 11 heteroatoms. The van der Waals surface area contributed by atoms with E-state index in [-0.39, 0.29) is 29.4 Å². The molecule has 0 atom stereocenters. The van der Waals surface area contributed by atoms with Crippen molar-refractivity contribution in [3.63, 3.8) is 0 Å². The Labute approximate surface area is 230 Å². The molecular formula is C28H25ClN2O7S. The lowest BCUT2D eigenvalue weighted by Gasteiger charge is -2.23. The highest BCUT2D eigenvalue weighted by atomic mass is 35.5. The lowest BCUT2D eigenvalue weighted by Crippen LogP contribution is -2.27. The molecule has 4 rings (SSSR count). The molecule has 0 aliphatic heterocycles. The molecule has 1 aromatic heterocycles. The number of carbonyl (C=O) groups is 2. The van der Waals surface area contributed by atoms with Gasteiger partial charge in [-0.1, -0.05) is 65.3 Å². The standard InChI is InChI=1S/C28H25ClN2O7S/c1-3-37-28(34)31(24-10-5-4-9-23(24)29)26-18(2)30-38-27(26)21-13-11-19(12-14-21)17-39(35,36)22-8-6-7-20(15-22)16-25(32)33/h4-15H,3,16-17H2,1-2H3,(H,32,33). The summed E-state index contributed by atoms with van der Waals surface area (Å²) >= 11 is 6.41. The van der Waals surface area contributed by atoms with E-state index in [0.29, 0.717) is 38.8 Å². The second kappa shape index (κ2) is 11.7. The highest BCUT2D eigenvalue weighted by Crippen LogP contribution is 2.41. The van der Waals surface area contributed by atoms with E-state index in [9.17, 15) is 18.0 Å². The largest absolute Gasteiger partial charge is 0.481 e. The van der Waals surface area contributed by atoms with Crippen molar-refractivity contribution in [2.45, 2.75) is 30.9 Å². The Bertz CT molecular complexity index is 1620. The van der Waals surface area contributed by atoms with Crippen molar-refractivity contribution < 1.29 is 32.4 Å². The van der Waals surface area contributed by atoms with Crippen LogP contribution in [0.25, 0.3) is 11.3 Å². The first-order valence-corrected chi connectivity index (χ1v) is 13.9. The van der Waals surface area contributed by atoms with E-state index in [1.165, 1.54) is 23.1 Å². The molecule has 0 fully saturated rings. The molecule has 0 radical (unpaired) electrons. The molecule has 0 aliphatic rings. The number of sulfone groups is 1. The number of carbonyl (C=O) groups excluding carboxylic acids is 1. The van der Waals surface area contributed by atoms with Crippen LogP contribution in [0.1, 0.15) is 23.7 Å². The van der Waals surface area contributed by atoms with Crippen molar-refractivity contribution in [3.05, 3.63) is 94.6 Å². The quantitative estimate of drug-likeness (QED) is 0.253. The Morgan fingerprint density at radius 2 is 1.74 bits per heavy atom. The van der Waals surface area contributed by atoms with E-state index in [1.54, 1.807) is 68.4 Å². The SMILES string of the molecule is CCOC(=O)N(c1ccccc1Cl)c1c(C)noc1-c1ccc(CS(=O)(=O)c2cccc(CC(=O)O)c2)cc1. The van der Waals surface area contributed by atoms with Crippen LogP contribution in [0.5, 0.6) is 0 Å². The van der Waals surface area contributed by atoms with Gasteiger partial charge in [0.05, 0.1) is 34.4 Å². The summed E-state index contributed by atoms with van der Waals surface area (Å²) in [5.41, 5.74) is 2.61. The van der Waals surface area contributed by atoms with Crippen molar-refractivity contribution >= 4 is 44.9 Å². The van der Waals surface area contributed by atoms with Crippen LogP contribution in [0.3, 0.4) is 0 Å². The van der Waals surface area contributed by atoms with Gasteiger partial charge in [-0.05, 0) is 49.2 Å². The third-order valence-electron chi connectivity index (χ3n) is 5.78. The number of halogens is 1. The fraction of sp³-hybridized carbons (Fsp3) is 0.179. The molecule has 0 unspecified atom stereocenters. The van der Waals surface area contributed by atoms with Crippen LogP contribution in [0.2, 0.25) is 5.02 Å². The first kappa shape index (κ1) is 27.9. The Morgan fingerprint density at radius 1 is 1.03 bits per heavy atom. The van der Waals surface area contributed by atoms with E-state index in [4.69, 9.17) is 26.0 Å². The molecule has 0 aliphatic carbocycles. The number of para-hydroxylation sites is 1. The fourth-order valence-electron chi connectivity index (χ4n) is 4.03. The number of carboxylic acids is 1. The van der Waals surface area contributed by atoms with Gasteiger partial charge in [-0.3, -0.25) is 4.79 Å². The Morgan fingerprint density at radius 3 is 2.41 bits per heavy atom. The van der Waals surface area contributed by atoms with Gasteiger partial charge in [0.15, 0.2) is 15.6 Å². The fourth-order valence-corrected chi connectivity index (χ4v) is 5.66. The summed E-state index contributed by atoms with van der Waals surface area (Å²) in [5, 5.41) is 13.4. The minimum absolute atomic E-state index is 0.0447. The number of hydrogen-bond donors (Lipinski definition) is 1. The second-order valence-corrected chi connectivity index (χ2v) is 11.0. The number of rotatable bonds is 9. The summed E-state index contributed by atoms with van der Waals surface area (Å²) in [7, 11) is -3.74. The lowest BCUT2D eigenvalue weighted by atomic mass is 10.1. The first-order chi connectivity index (χ1) is 18.6. The number of ether oxygens (including phenoxy) is 1. The first-order valence-electron chi connectivity index (χ1n) is 11.9. The van der Waals surface area contributed by atoms with Crippen LogP contribution >= 0.6 is 11.6 Å². The van der Waals surface area contributed by atoms with Gasteiger partial charge in [0.2, 0.25) is 0 Å². The van der Waals surface area contributed by atoms with Crippen LogP contribution in [-0.4, -0.2) is 37.4 Å². The van der Waals surface area contributed by atoms with Crippen LogP contribution in [0.4, 0.5) is 16.2 Å². The zero-order chi connectivity index (χ0) is 28.2. The maximum absolute atomic E-state index is 13.0. The van der Waals surface area contributed by atoms with Crippen molar-refractivity contribution in [2.24, 2.45) is 0 Å². The van der Waals surface area contributed by atoms with E-state index in [0.717, 1.165) is 0 Å². The molecule has 0 saturated carbocycles. The minimum Gasteiger partial charge on any atom is -0.481 e. The summed E-state index contributed by atoms with van der Waals surface area (Å²) in [6.07, 6.45) is -0.931. The molecule has 0 bridgehead atoms. The number of aromatic nitrogens is 1. The molecular weight excluding hydrogens is 544 g/mol. The van der Waals surface area contributed by atoms with Gasteiger partial charge < -0.3 is 14.4 Å². The molecule has 9 nitrogen and oxygen atoms in total. The normalized spacial score (nSPS) is 11.3.